The Kier molecular flexibility index (Phi) is 3.77. The molecule has 1 unspecified atom stereocenters. The zero-order valence-electron chi connectivity index (χ0n) is 8.80. The molecule has 1 N–H and O–H groups in total. The van der Waals surface area contributed by atoms with E-state index in [0.717, 1.165) is 20.9 Å². The number of methoxy groups -OCH3 is 1. The van der Waals surface area contributed by atoms with Crippen LogP contribution >= 0.6 is 31.9 Å². The first-order chi connectivity index (χ1) is 7.65. The molecule has 0 bridgehead atoms. The maximum Gasteiger partial charge on any atom is 0.140 e. The number of halogens is 2. The first kappa shape index (κ1) is 12.2. The summed E-state index contributed by atoms with van der Waals surface area (Å²) in [5.41, 5.74) is 0.767. The van der Waals surface area contributed by atoms with E-state index in [1.54, 1.807) is 7.11 Å². The molecule has 0 aliphatic carbocycles. The van der Waals surface area contributed by atoms with Gasteiger partial charge in [0.25, 0.3) is 0 Å². The SMILES string of the molecule is COc1cc(Br)c2c(c1Br)C(O)CCCO2. The van der Waals surface area contributed by atoms with E-state index in [9.17, 15) is 5.11 Å². The molecular formula is C11H12Br2O3. The number of hydrogen-bond acceptors (Lipinski definition) is 3. The molecule has 0 spiro atoms. The molecular weight excluding hydrogens is 340 g/mol. The minimum absolute atomic E-state index is 0.515. The zero-order chi connectivity index (χ0) is 11.7. The Labute approximate surface area is 111 Å². The van der Waals surface area contributed by atoms with E-state index in [1.807, 2.05) is 6.07 Å². The van der Waals surface area contributed by atoms with Crippen molar-refractivity contribution in [2.75, 3.05) is 13.7 Å². The van der Waals surface area contributed by atoms with Crippen LogP contribution < -0.4 is 9.47 Å². The molecule has 0 saturated heterocycles. The molecule has 0 amide bonds. The third-order valence-electron chi connectivity index (χ3n) is 2.59. The molecule has 88 valence electrons. The minimum Gasteiger partial charge on any atom is -0.496 e. The summed E-state index contributed by atoms with van der Waals surface area (Å²) < 4.78 is 12.5. The molecule has 16 heavy (non-hydrogen) atoms. The number of hydrogen-bond donors (Lipinski definition) is 1. The van der Waals surface area contributed by atoms with Crippen LogP contribution in [0.4, 0.5) is 0 Å². The van der Waals surface area contributed by atoms with Crippen molar-refractivity contribution in [1.82, 2.24) is 0 Å². The molecule has 2 rings (SSSR count). The Balaban J connectivity index is 2.62. The van der Waals surface area contributed by atoms with Crippen LogP contribution in [0.25, 0.3) is 0 Å². The summed E-state index contributed by atoms with van der Waals surface area (Å²) >= 11 is 6.88. The van der Waals surface area contributed by atoms with Crippen molar-refractivity contribution in [3.8, 4) is 11.5 Å². The molecule has 3 nitrogen and oxygen atoms in total. The van der Waals surface area contributed by atoms with Crippen LogP contribution in [0, 0.1) is 0 Å². The summed E-state index contributed by atoms with van der Waals surface area (Å²) in [4.78, 5) is 0. The number of benzene rings is 1. The third kappa shape index (κ3) is 2.08. The van der Waals surface area contributed by atoms with Crippen molar-refractivity contribution >= 4 is 31.9 Å². The first-order valence-corrected chi connectivity index (χ1v) is 6.60. The summed E-state index contributed by atoms with van der Waals surface area (Å²) in [5, 5.41) is 10.1. The minimum atomic E-state index is -0.515. The molecule has 0 saturated carbocycles. The molecule has 1 aromatic rings. The van der Waals surface area contributed by atoms with Crippen molar-refractivity contribution in [3.05, 3.63) is 20.6 Å². The van der Waals surface area contributed by atoms with Crippen molar-refractivity contribution < 1.29 is 14.6 Å². The summed E-state index contributed by atoms with van der Waals surface area (Å²) in [7, 11) is 1.60. The maximum absolute atomic E-state index is 10.1. The normalized spacial score (nSPS) is 19.6. The topological polar surface area (TPSA) is 38.7 Å². The van der Waals surface area contributed by atoms with Gasteiger partial charge < -0.3 is 14.6 Å². The van der Waals surface area contributed by atoms with E-state index in [0.29, 0.717) is 24.5 Å². The van der Waals surface area contributed by atoms with Gasteiger partial charge in [0.15, 0.2) is 0 Å². The molecule has 0 fully saturated rings. The van der Waals surface area contributed by atoms with E-state index in [4.69, 9.17) is 9.47 Å². The molecule has 0 aromatic heterocycles. The van der Waals surface area contributed by atoms with E-state index < -0.39 is 6.10 Å². The van der Waals surface area contributed by atoms with E-state index in [2.05, 4.69) is 31.9 Å². The quantitative estimate of drug-likeness (QED) is 0.842. The lowest BCUT2D eigenvalue weighted by Gasteiger charge is -2.17. The second-order valence-electron chi connectivity index (χ2n) is 3.62. The standard InChI is InChI=1S/C11H12Br2O3/c1-15-8-5-6(12)11-9(10(8)13)7(14)3-2-4-16-11/h5,7,14H,2-4H2,1H3. The van der Waals surface area contributed by atoms with Gasteiger partial charge in [0.1, 0.15) is 11.5 Å². The van der Waals surface area contributed by atoms with Crippen LogP contribution in [0.15, 0.2) is 15.0 Å². The van der Waals surface area contributed by atoms with Gasteiger partial charge in [-0.15, -0.1) is 0 Å². The van der Waals surface area contributed by atoms with E-state index in [-0.39, 0.29) is 0 Å². The van der Waals surface area contributed by atoms with Gasteiger partial charge in [0.2, 0.25) is 0 Å². The second-order valence-corrected chi connectivity index (χ2v) is 5.27. The average Bonchev–Trinajstić information content (AvgIpc) is 2.46. The maximum atomic E-state index is 10.1. The number of ether oxygens (including phenoxy) is 2. The van der Waals surface area contributed by atoms with Gasteiger partial charge >= 0.3 is 0 Å². The van der Waals surface area contributed by atoms with Crippen molar-refractivity contribution in [3.63, 3.8) is 0 Å². The van der Waals surface area contributed by atoms with Crippen LogP contribution in [0.5, 0.6) is 11.5 Å². The molecule has 1 aromatic carbocycles. The first-order valence-electron chi connectivity index (χ1n) is 5.02. The lowest BCUT2D eigenvalue weighted by molar-refractivity contribution is 0.166. The predicted molar refractivity (Wildman–Crippen MR) is 68.1 cm³/mol. The highest BCUT2D eigenvalue weighted by Crippen LogP contribution is 2.46. The summed E-state index contributed by atoms with van der Waals surface area (Å²) in [6, 6.07) is 1.83. The van der Waals surface area contributed by atoms with E-state index in [1.165, 1.54) is 0 Å². The van der Waals surface area contributed by atoms with Gasteiger partial charge in [0.05, 0.1) is 28.8 Å². The second kappa shape index (κ2) is 4.94. The van der Waals surface area contributed by atoms with Crippen molar-refractivity contribution in [2.24, 2.45) is 0 Å². The van der Waals surface area contributed by atoms with Crippen molar-refractivity contribution in [1.29, 1.82) is 0 Å². The molecule has 1 atom stereocenters. The lowest BCUT2D eigenvalue weighted by atomic mass is 10.0. The lowest BCUT2D eigenvalue weighted by Crippen LogP contribution is -2.00. The highest BCUT2D eigenvalue weighted by atomic mass is 79.9. The molecule has 1 aliphatic heterocycles. The van der Waals surface area contributed by atoms with Crippen LogP contribution in [0.1, 0.15) is 24.5 Å². The van der Waals surface area contributed by atoms with Crippen LogP contribution in [-0.4, -0.2) is 18.8 Å². The third-order valence-corrected chi connectivity index (χ3v) is 4.00. The number of aliphatic hydroxyl groups excluding tert-OH is 1. The summed E-state index contributed by atoms with van der Waals surface area (Å²) in [6.45, 7) is 0.626. The fourth-order valence-electron chi connectivity index (χ4n) is 1.79. The average molecular weight is 352 g/mol. The Morgan fingerprint density at radius 1 is 1.50 bits per heavy atom. The van der Waals surface area contributed by atoms with Crippen LogP contribution in [-0.2, 0) is 0 Å². The number of fused-ring (bicyclic) bond motifs is 1. The molecule has 0 radical (unpaired) electrons. The monoisotopic (exact) mass is 350 g/mol. The Bertz CT molecular complexity index is 407. The molecule has 1 heterocycles. The Hall–Kier alpha value is -0.260. The fraction of sp³-hybridized carbons (Fsp3) is 0.455. The van der Waals surface area contributed by atoms with Gasteiger partial charge in [0, 0.05) is 5.56 Å². The number of rotatable bonds is 1. The number of aliphatic hydroxyl groups is 1. The summed E-state index contributed by atoms with van der Waals surface area (Å²) in [6.07, 6.45) is 1.03. The molecule has 5 heteroatoms. The van der Waals surface area contributed by atoms with Crippen molar-refractivity contribution in [2.45, 2.75) is 18.9 Å². The van der Waals surface area contributed by atoms with E-state index >= 15 is 0 Å². The highest BCUT2D eigenvalue weighted by molar-refractivity contribution is 9.11. The van der Waals surface area contributed by atoms with Gasteiger partial charge in [-0.05, 0) is 50.8 Å². The Morgan fingerprint density at radius 3 is 2.94 bits per heavy atom. The smallest absolute Gasteiger partial charge is 0.140 e. The van der Waals surface area contributed by atoms with Crippen LogP contribution in [0.2, 0.25) is 0 Å². The van der Waals surface area contributed by atoms with Gasteiger partial charge in [-0.3, -0.25) is 0 Å². The summed E-state index contributed by atoms with van der Waals surface area (Å²) in [5.74, 6) is 1.40. The van der Waals surface area contributed by atoms with Gasteiger partial charge in [-0.2, -0.15) is 0 Å². The predicted octanol–water partition coefficient (Wildman–Crippen LogP) is 3.43. The van der Waals surface area contributed by atoms with Gasteiger partial charge in [-0.25, -0.2) is 0 Å². The fourth-order valence-corrected chi connectivity index (χ4v) is 3.05. The van der Waals surface area contributed by atoms with Gasteiger partial charge in [-0.1, -0.05) is 0 Å². The molecule has 1 aliphatic rings. The van der Waals surface area contributed by atoms with Crippen LogP contribution in [0.3, 0.4) is 0 Å². The largest absolute Gasteiger partial charge is 0.496 e. The Morgan fingerprint density at radius 2 is 2.25 bits per heavy atom. The highest BCUT2D eigenvalue weighted by Gasteiger charge is 2.25. The zero-order valence-corrected chi connectivity index (χ0v) is 12.0.